The normalized spacial score (nSPS) is 12.2. The number of carboxylic acids is 1. The Balaban J connectivity index is 4.37. The van der Waals surface area contributed by atoms with Gasteiger partial charge in [-0.25, -0.2) is 0 Å². The smallest absolute Gasteiger partial charge is 0.303 e. The molecule has 0 aliphatic heterocycles. The fourth-order valence-electron chi connectivity index (χ4n) is 7.36. The number of aliphatic carboxylic acids is 1. The molecule has 0 spiro atoms. The molecule has 0 saturated heterocycles. The number of ether oxygens (including phenoxy) is 26. The van der Waals surface area contributed by atoms with Crippen LogP contribution in [0.3, 0.4) is 0 Å². The molecular weight excluding hydrogens is 1380 g/mol. The Morgan fingerprint density at radius 2 is 0.427 bits per heavy atom. The molecule has 42 nitrogen and oxygen atoms in total. The number of rotatable bonds is 90. The van der Waals surface area contributed by atoms with Crippen LogP contribution in [0.4, 0.5) is 0 Å². The first kappa shape index (κ1) is 98.1. The summed E-state index contributed by atoms with van der Waals surface area (Å²) in [7, 11) is 0. The Hall–Kier alpha value is -4.86. The topological polar surface area (TPSA) is 501 Å². The number of azide groups is 4. The van der Waals surface area contributed by atoms with Gasteiger partial charge in [-0.1, -0.05) is 20.5 Å². The molecular formula is C61H117N13O29. The zero-order valence-corrected chi connectivity index (χ0v) is 60.1. The van der Waals surface area contributed by atoms with Crippen molar-refractivity contribution < 1.29 is 138 Å². The Kier molecular flexibility index (Phi) is 83.6. The summed E-state index contributed by atoms with van der Waals surface area (Å²) in [4.78, 5) is 34.2. The van der Waals surface area contributed by atoms with Crippen molar-refractivity contribution in [3.8, 4) is 0 Å². The van der Waals surface area contributed by atoms with Crippen LogP contribution in [0.15, 0.2) is 20.5 Å². The van der Waals surface area contributed by atoms with Crippen LogP contribution >= 0.6 is 0 Å². The quantitative estimate of drug-likeness (QED) is 0.0382. The highest BCUT2D eigenvalue weighted by Crippen LogP contribution is 2.01. The molecule has 2 unspecified atom stereocenters. The second kappa shape index (κ2) is 87.8. The minimum atomic E-state index is -1.08. The highest BCUT2D eigenvalue weighted by atomic mass is 16.6. The highest BCUT2D eigenvalue weighted by molar-refractivity contribution is 5.80. The second-order valence-electron chi connectivity index (χ2n) is 20.4. The van der Waals surface area contributed by atoms with E-state index in [1.54, 1.807) is 0 Å². The van der Waals surface area contributed by atoms with E-state index in [1.807, 2.05) is 0 Å². The van der Waals surface area contributed by atoms with Gasteiger partial charge in [0.1, 0.15) is 12.2 Å². The van der Waals surface area contributed by atoms with E-state index in [-0.39, 0.29) is 117 Å². The average Bonchev–Trinajstić information content (AvgIpc) is 1.45. The average molecular weight is 1500 g/mol. The first-order valence-electron chi connectivity index (χ1n) is 34.6. The van der Waals surface area contributed by atoms with E-state index in [2.05, 4.69) is 45.4 Å². The van der Waals surface area contributed by atoms with Crippen molar-refractivity contribution in [2.45, 2.75) is 31.1 Å². The van der Waals surface area contributed by atoms with Crippen LogP contribution in [-0.2, 0) is 133 Å². The molecule has 0 saturated carbocycles. The summed E-state index contributed by atoms with van der Waals surface area (Å²) in [5, 5.41) is 25.4. The van der Waals surface area contributed by atoms with E-state index in [1.165, 1.54) is 0 Å². The standard InChI is InChI=1S/C61H117N13O29/c62-71-66-3-7-78-11-15-82-19-27-90-37-43-98-53-58(102-49-47-94-33-31-84-17-13-80-9-5-68-73-64)55-100-45-39-92-29-23-86-21-25-88-35-41-96-51-57(70-60(75)1-2-61(76)77)52-97-42-36-89-26-22-87-24-30-93-40-46-101-56-59(103-50-48-95-34-32-85-18-14-81-10-6-69-74-65)54-99-44-38-91-28-20-83-16-12-79-8-4-67-72-63/h57-59H,1-56H2,(H,70,75)(H,76,77). The van der Waals surface area contributed by atoms with E-state index < -0.39 is 17.9 Å². The third-order valence-corrected chi connectivity index (χ3v) is 12.2. The van der Waals surface area contributed by atoms with E-state index in [9.17, 15) is 9.59 Å². The van der Waals surface area contributed by atoms with Crippen LogP contribution in [0, 0.1) is 0 Å². The van der Waals surface area contributed by atoms with Crippen LogP contribution in [0.1, 0.15) is 12.8 Å². The Morgan fingerprint density at radius 3 is 0.621 bits per heavy atom. The lowest BCUT2D eigenvalue weighted by Gasteiger charge is -2.19. The molecule has 600 valence electrons. The van der Waals surface area contributed by atoms with Gasteiger partial charge >= 0.3 is 5.97 Å². The van der Waals surface area contributed by atoms with Crippen molar-refractivity contribution in [3.05, 3.63) is 41.8 Å². The highest BCUT2D eigenvalue weighted by Gasteiger charge is 2.16. The molecule has 0 bridgehead atoms. The van der Waals surface area contributed by atoms with Gasteiger partial charge in [0.15, 0.2) is 0 Å². The van der Waals surface area contributed by atoms with Crippen LogP contribution < -0.4 is 5.32 Å². The molecule has 103 heavy (non-hydrogen) atoms. The number of carbonyl (C=O) groups excluding carboxylic acids is 1. The van der Waals surface area contributed by atoms with Gasteiger partial charge in [0, 0.05) is 52.2 Å². The number of carbonyl (C=O) groups is 2. The fourth-order valence-corrected chi connectivity index (χ4v) is 7.36. The van der Waals surface area contributed by atoms with E-state index in [0.29, 0.717) is 264 Å². The van der Waals surface area contributed by atoms with Crippen molar-refractivity contribution in [2.24, 2.45) is 20.5 Å². The summed E-state index contributed by atoms with van der Waals surface area (Å²) in [6.07, 6.45) is -1.24. The lowest BCUT2D eigenvalue weighted by Crippen LogP contribution is -2.42. The largest absolute Gasteiger partial charge is 0.481 e. The molecule has 0 fully saturated rings. The number of carboxylic acid groups (broad SMARTS) is 1. The molecule has 1 amide bonds. The molecule has 2 N–H and O–H groups in total. The van der Waals surface area contributed by atoms with Gasteiger partial charge in [0.05, 0.1) is 343 Å². The van der Waals surface area contributed by atoms with Crippen molar-refractivity contribution in [2.75, 3.05) is 357 Å². The van der Waals surface area contributed by atoms with Gasteiger partial charge in [0.2, 0.25) is 5.91 Å². The van der Waals surface area contributed by atoms with Gasteiger partial charge in [-0.15, -0.1) is 0 Å². The van der Waals surface area contributed by atoms with Gasteiger partial charge in [-0.3, -0.25) is 9.59 Å². The maximum atomic E-state index is 12.5. The lowest BCUT2D eigenvalue weighted by atomic mass is 10.2. The summed E-state index contributed by atoms with van der Waals surface area (Å²) < 4.78 is 146. The molecule has 0 rings (SSSR count). The van der Waals surface area contributed by atoms with Crippen molar-refractivity contribution in [1.29, 1.82) is 0 Å². The summed E-state index contributed by atoms with van der Waals surface area (Å²) in [5.74, 6) is -1.52. The number of amides is 1. The predicted molar refractivity (Wildman–Crippen MR) is 364 cm³/mol. The van der Waals surface area contributed by atoms with Gasteiger partial charge in [-0.2, -0.15) is 0 Å². The second-order valence-corrected chi connectivity index (χ2v) is 20.4. The third-order valence-electron chi connectivity index (χ3n) is 12.2. The van der Waals surface area contributed by atoms with Crippen LogP contribution in [-0.4, -0.2) is 392 Å². The first-order chi connectivity index (χ1) is 51.0. The summed E-state index contributed by atoms with van der Waals surface area (Å²) in [5.41, 5.74) is 33.2. The van der Waals surface area contributed by atoms with E-state index >= 15 is 0 Å². The molecule has 0 heterocycles. The summed E-state index contributed by atoms with van der Waals surface area (Å²) >= 11 is 0. The van der Waals surface area contributed by atoms with Crippen molar-refractivity contribution in [1.82, 2.24) is 5.32 Å². The molecule has 0 aromatic carbocycles. The maximum Gasteiger partial charge on any atom is 0.303 e. The minimum Gasteiger partial charge on any atom is -0.481 e. The van der Waals surface area contributed by atoms with Crippen LogP contribution in [0.25, 0.3) is 41.8 Å². The predicted octanol–water partition coefficient (Wildman–Crippen LogP) is 2.75. The zero-order valence-electron chi connectivity index (χ0n) is 60.1. The number of nitrogens with one attached hydrogen (secondary N) is 1. The Bertz CT molecular complexity index is 1900. The third kappa shape index (κ3) is 84.3. The number of hydrogen-bond acceptors (Lipinski definition) is 32. The molecule has 0 radical (unpaired) electrons. The van der Waals surface area contributed by atoms with Crippen LogP contribution in [0.5, 0.6) is 0 Å². The molecule has 0 aliphatic carbocycles. The molecule has 2 atom stereocenters. The summed E-state index contributed by atoms with van der Waals surface area (Å²) in [6.45, 7) is 17.6. The SMILES string of the molecule is [N-]=[N+]=NCCOCCOCCOCCOCC(COCCOCCOCCOCCOCC(COCCOCCOCCOCCOCC(COCCOCCOCCOCCN=[N+]=[N-])OCCOCCOCCOCCN=[N+]=[N-])NC(=O)CCC(=O)O)OCCOCCOCCOCCN=[N+]=[N-]. The van der Waals surface area contributed by atoms with E-state index in [0.717, 1.165) is 0 Å². The van der Waals surface area contributed by atoms with Crippen molar-refractivity contribution in [3.63, 3.8) is 0 Å². The molecule has 0 aromatic heterocycles. The minimum absolute atomic E-state index is 0.103. The summed E-state index contributed by atoms with van der Waals surface area (Å²) in [6, 6.07) is -0.544. The Morgan fingerprint density at radius 1 is 0.252 bits per heavy atom. The van der Waals surface area contributed by atoms with Crippen LogP contribution in [0.2, 0.25) is 0 Å². The number of nitrogens with zero attached hydrogens (tertiary/aromatic N) is 12. The fraction of sp³-hybridized carbons (Fsp3) is 0.967. The first-order valence-corrected chi connectivity index (χ1v) is 34.6. The van der Waals surface area contributed by atoms with E-state index in [4.69, 9.17) is 150 Å². The number of hydrogen-bond donors (Lipinski definition) is 2. The molecule has 0 aliphatic rings. The van der Waals surface area contributed by atoms with Gasteiger partial charge in [-0.05, 0) is 22.1 Å². The zero-order chi connectivity index (χ0) is 74.2. The maximum absolute atomic E-state index is 12.5. The molecule has 42 heteroatoms. The lowest BCUT2D eigenvalue weighted by molar-refractivity contribution is -0.139. The van der Waals surface area contributed by atoms with Gasteiger partial charge in [0.25, 0.3) is 0 Å². The monoisotopic (exact) mass is 1500 g/mol. The Labute approximate surface area is 603 Å². The van der Waals surface area contributed by atoms with Gasteiger partial charge < -0.3 is 134 Å². The van der Waals surface area contributed by atoms with Crippen molar-refractivity contribution >= 4 is 11.9 Å². The molecule has 0 aromatic rings.